The molecule has 1 aromatic rings. The summed E-state index contributed by atoms with van der Waals surface area (Å²) in [5.74, 6) is -0.486. The van der Waals surface area contributed by atoms with Crippen LogP contribution < -0.4 is 0 Å². The van der Waals surface area contributed by atoms with Gasteiger partial charge in [0.25, 0.3) is 0 Å². The maximum atomic E-state index is 11.8. The summed E-state index contributed by atoms with van der Waals surface area (Å²) in [6.07, 6.45) is 0. The number of rotatable bonds is 4. The standard InChI is InChI=1S/C11H13I2NO3/c1-14(2)5-6-17-11(16)9-7(12)3-4-8(13)10(9)15/h3-4,15H,5-6H2,1-2H3. The van der Waals surface area contributed by atoms with Crippen LogP contribution in [0, 0.1) is 7.14 Å². The summed E-state index contributed by atoms with van der Waals surface area (Å²) in [5, 5.41) is 9.83. The summed E-state index contributed by atoms with van der Waals surface area (Å²) in [4.78, 5) is 13.7. The number of phenols is 1. The number of aromatic hydroxyl groups is 1. The first-order valence-corrected chi connectivity index (χ1v) is 7.08. The molecule has 0 aliphatic heterocycles. The zero-order valence-electron chi connectivity index (χ0n) is 9.54. The summed E-state index contributed by atoms with van der Waals surface area (Å²) >= 11 is 3.99. The molecule has 6 heteroatoms. The lowest BCUT2D eigenvalue weighted by atomic mass is 10.2. The molecule has 0 heterocycles. The van der Waals surface area contributed by atoms with Crippen LogP contribution in [0.3, 0.4) is 0 Å². The van der Waals surface area contributed by atoms with Gasteiger partial charge in [0.05, 0.1) is 3.57 Å². The highest BCUT2D eigenvalue weighted by atomic mass is 127. The van der Waals surface area contributed by atoms with Crippen LogP contribution in [0.1, 0.15) is 10.4 Å². The van der Waals surface area contributed by atoms with Gasteiger partial charge in [0.15, 0.2) is 0 Å². The first kappa shape index (κ1) is 15.0. The largest absolute Gasteiger partial charge is 0.506 e. The van der Waals surface area contributed by atoms with E-state index in [0.29, 0.717) is 20.3 Å². The van der Waals surface area contributed by atoms with Crippen molar-refractivity contribution in [2.24, 2.45) is 0 Å². The van der Waals surface area contributed by atoms with E-state index >= 15 is 0 Å². The maximum absolute atomic E-state index is 11.8. The van der Waals surface area contributed by atoms with Gasteiger partial charge in [-0.05, 0) is 71.4 Å². The van der Waals surface area contributed by atoms with Crippen molar-refractivity contribution < 1.29 is 14.6 Å². The molecule has 0 aliphatic carbocycles. The molecular weight excluding hydrogens is 448 g/mol. The first-order valence-electron chi connectivity index (χ1n) is 4.92. The quantitative estimate of drug-likeness (QED) is 0.553. The summed E-state index contributed by atoms with van der Waals surface area (Å²) in [7, 11) is 3.81. The van der Waals surface area contributed by atoms with Crippen molar-refractivity contribution in [2.75, 3.05) is 27.2 Å². The number of benzene rings is 1. The third-order valence-electron chi connectivity index (χ3n) is 2.05. The number of hydrogen-bond donors (Lipinski definition) is 1. The molecule has 0 saturated heterocycles. The van der Waals surface area contributed by atoms with Crippen LogP contribution in [-0.4, -0.2) is 43.2 Å². The van der Waals surface area contributed by atoms with Gasteiger partial charge in [0.2, 0.25) is 0 Å². The second kappa shape index (κ2) is 6.74. The summed E-state index contributed by atoms with van der Waals surface area (Å²) in [6.45, 7) is 0.972. The van der Waals surface area contributed by atoms with E-state index in [9.17, 15) is 9.90 Å². The molecule has 0 fully saturated rings. The lowest BCUT2D eigenvalue weighted by molar-refractivity contribution is 0.0477. The Morgan fingerprint density at radius 1 is 1.35 bits per heavy atom. The molecule has 0 saturated carbocycles. The van der Waals surface area contributed by atoms with Crippen molar-refractivity contribution >= 4 is 51.2 Å². The van der Waals surface area contributed by atoms with Gasteiger partial charge < -0.3 is 14.7 Å². The van der Waals surface area contributed by atoms with Gasteiger partial charge in [0.1, 0.15) is 17.9 Å². The minimum Gasteiger partial charge on any atom is -0.506 e. The number of halogens is 2. The Morgan fingerprint density at radius 2 is 1.94 bits per heavy atom. The van der Waals surface area contributed by atoms with Gasteiger partial charge >= 0.3 is 5.97 Å². The highest BCUT2D eigenvalue weighted by Crippen LogP contribution is 2.28. The van der Waals surface area contributed by atoms with E-state index in [1.165, 1.54) is 0 Å². The molecule has 0 amide bonds. The van der Waals surface area contributed by atoms with Gasteiger partial charge in [-0.15, -0.1) is 0 Å². The highest BCUT2D eigenvalue weighted by molar-refractivity contribution is 14.1. The average Bonchev–Trinajstić information content (AvgIpc) is 2.23. The molecule has 0 unspecified atom stereocenters. The molecule has 0 aromatic heterocycles. The van der Waals surface area contributed by atoms with Crippen molar-refractivity contribution in [3.8, 4) is 5.75 Å². The molecule has 17 heavy (non-hydrogen) atoms. The lowest BCUT2D eigenvalue weighted by Crippen LogP contribution is -2.20. The number of hydrogen-bond acceptors (Lipinski definition) is 4. The Hall–Kier alpha value is -0.0900. The van der Waals surface area contributed by atoms with Crippen LogP contribution in [0.2, 0.25) is 0 Å². The summed E-state index contributed by atoms with van der Waals surface area (Å²) in [6, 6.07) is 3.54. The zero-order valence-corrected chi connectivity index (χ0v) is 13.9. The molecule has 94 valence electrons. The molecule has 1 rings (SSSR count). The maximum Gasteiger partial charge on any atom is 0.343 e. The first-order chi connectivity index (χ1) is 7.93. The van der Waals surface area contributed by atoms with Crippen LogP contribution in [0.15, 0.2) is 12.1 Å². The molecule has 0 aliphatic rings. The van der Waals surface area contributed by atoms with Gasteiger partial charge in [-0.3, -0.25) is 0 Å². The molecule has 0 radical (unpaired) electrons. The average molecular weight is 461 g/mol. The summed E-state index contributed by atoms with van der Waals surface area (Å²) in [5.41, 5.74) is 0.247. The normalized spacial score (nSPS) is 10.6. The molecular formula is C11H13I2NO3. The fourth-order valence-corrected chi connectivity index (χ4v) is 2.23. The Labute approximate surface area is 128 Å². The number of ether oxygens (including phenoxy) is 1. The minimum absolute atomic E-state index is 0.00708. The molecule has 4 nitrogen and oxygen atoms in total. The van der Waals surface area contributed by atoms with Crippen molar-refractivity contribution in [3.05, 3.63) is 24.8 Å². The number of carbonyl (C=O) groups is 1. The fraction of sp³-hybridized carbons (Fsp3) is 0.364. The number of nitrogens with zero attached hydrogens (tertiary/aromatic N) is 1. The number of carbonyl (C=O) groups excluding carboxylic acids is 1. The molecule has 0 spiro atoms. The van der Waals surface area contributed by atoms with Gasteiger partial charge in [-0.2, -0.15) is 0 Å². The Bertz CT molecular complexity index is 421. The van der Waals surface area contributed by atoms with E-state index in [4.69, 9.17) is 4.74 Å². The van der Waals surface area contributed by atoms with Crippen LogP contribution in [0.25, 0.3) is 0 Å². The SMILES string of the molecule is CN(C)CCOC(=O)c1c(I)ccc(I)c1O. The van der Waals surface area contributed by atoms with E-state index in [0.717, 1.165) is 0 Å². The van der Waals surface area contributed by atoms with Crippen LogP contribution in [0.5, 0.6) is 5.75 Å². The van der Waals surface area contributed by atoms with Crippen molar-refractivity contribution in [1.82, 2.24) is 4.90 Å². The predicted molar refractivity (Wildman–Crippen MR) is 82.4 cm³/mol. The fourth-order valence-electron chi connectivity index (χ4n) is 1.13. The number of esters is 1. The Morgan fingerprint density at radius 3 is 2.53 bits per heavy atom. The van der Waals surface area contributed by atoms with E-state index in [-0.39, 0.29) is 11.3 Å². The molecule has 0 bridgehead atoms. The van der Waals surface area contributed by atoms with Crippen molar-refractivity contribution in [3.63, 3.8) is 0 Å². The van der Waals surface area contributed by atoms with Gasteiger partial charge in [-0.1, -0.05) is 0 Å². The van der Waals surface area contributed by atoms with Crippen LogP contribution in [0.4, 0.5) is 0 Å². The van der Waals surface area contributed by atoms with Crippen LogP contribution in [-0.2, 0) is 4.74 Å². The predicted octanol–water partition coefficient (Wildman–Crippen LogP) is 2.32. The molecule has 1 N–H and O–H groups in total. The van der Waals surface area contributed by atoms with E-state index in [2.05, 4.69) is 0 Å². The Balaban J connectivity index is 2.79. The highest BCUT2D eigenvalue weighted by Gasteiger charge is 2.18. The smallest absolute Gasteiger partial charge is 0.343 e. The van der Waals surface area contributed by atoms with E-state index in [1.807, 2.05) is 64.2 Å². The number of phenolic OH excluding ortho intramolecular Hbond substituents is 1. The van der Waals surface area contributed by atoms with Gasteiger partial charge in [-0.25, -0.2) is 4.79 Å². The van der Waals surface area contributed by atoms with Gasteiger partial charge in [0, 0.05) is 10.1 Å². The van der Waals surface area contributed by atoms with E-state index in [1.54, 1.807) is 12.1 Å². The minimum atomic E-state index is -0.479. The molecule has 0 atom stereocenters. The third-order valence-corrected chi connectivity index (χ3v) is 3.82. The third kappa shape index (κ3) is 4.25. The number of likely N-dealkylation sites (N-methyl/N-ethyl adjacent to an activating group) is 1. The second-order valence-corrected chi connectivity index (χ2v) is 6.02. The topological polar surface area (TPSA) is 49.8 Å². The monoisotopic (exact) mass is 461 g/mol. The van der Waals surface area contributed by atoms with Crippen LogP contribution >= 0.6 is 45.2 Å². The molecule has 1 aromatic carbocycles. The second-order valence-electron chi connectivity index (χ2n) is 3.69. The Kier molecular flexibility index (Phi) is 5.93. The summed E-state index contributed by atoms with van der Waals surface area (Å²) < 4.78 is 6.44. The lowest BCUT2D eigenvalue weighted by Gasteiger charge is -2.11. The van der Waals surface area contributed by atoms with E-state index < -0.39 is 5.97 Å². The van der Waals surface area contributed by atoms with Crippen molar-refractivity contribution in [1.29, 1.82) is 0 Å². The van der Waals surface area contributed by atoms with Crippen molar-refractivity contribution in [2.45, 2.75) is 0 Å². The zero-order chi connectivity index (χ0) is 13.0.